The Morgan fingerprint density at radius 3 is 2.29 bits per heavy atom. The van der Waals surface area contributed by atoms with E-state index in [2.05, 4.69) is 31.7 Å². The highest BCUT2D eigenvalue weighted by molar-refractivity contribution is 5.70. The highest BCUT2D eigenvalue weighted by Gasteiger charge is 2.28. The molecule has 0 unspecified atom stereocenters. The minimum Gasteiger partial charge on any atom is -0.481 e. The molecule has 0 bridgehead atoms. The van der Waals surface area contributed by atoms with E-state index in [1.165, 1.54) is 12.8 Å². The Hall–Kier alpha value is -1.35. The van der Waals surface area contributed by atoms with Gasteiger partial charge in [0.15, 0.2) is 0 Å². The number of piperidine rings is 1. The summed E-state index contributed by atoms with van der Waals surface area (Å²) >= 11 is 0. The smallest absolute Gasteiger partial charge is 0.307 e. The first-order valence-corrected chi connectivity index (χ1v) is 7.87. The van der Waals surface area contributed by atoms with Crippen molar-refractivity contribution in [2.45, 2.75) is 46.6 Å². The summed E-state index contributed by atoms with van der Waals surface area (Å²) < 4.78 is 0. The summed E-state index contributed by atoms with van der Waals surface area (Å²) in [5, 5.41) is 9.01. The lowest BCUT2D eigenvalue weighted by Gasteiger charge is -2.39. The van der Waals surface area contributed by atoms with Gasteiger partial charge in [0.05, 0.1) is 6.42 Å². The molecule has 0 aliphatic carbocycles. The molecule has 1 N–H and O–H groups in total. The van der Waals surface area contributed by atoms with Crippen molar-refractivity contribution in [2.24, 2.45) is 11.3 Å². The fourth-order valence-corrected chi connectivity index (χ4v) is 3.25. The van der Waals surface area contributed by atoms with Crippen molar-refractivity contribution in [2.75, 3.05) is 13.1 Å². The number of hydrogen-bond donors (Lipinski definition) is 1. The van der Waals surface area contributed by atoms with Crippen LogP contribution in [0.25, 0.3) is 0 Å². The van der Waals surface area contributed by atoms with Gasteiger partial charge in [-0.25, -0.2) is 0 Å². The first-order valence-electron chi connectivity index (χ1n) is 7.87. The summed E-state index contributed by atoms with van der Waals surface area (Å²) in [5.41, 5.74) is 2.50. The van der Waals surface area contributed by atoms with E-state index in [0.717, 1.165) is 36.7 Å². The van der Waals surface area contributed by atoms with Crippen LogP contribution in [0.4, 0.5) is 0 Å². The molecule has 0 amide bonds. The Kier molecular flexibility index (Phi) is 5.04. The zero-order valence-electron chi connectivity index (χ0n) is 13.4. The summed E-state index contributed by atoms with van der Waals surface area (Å²) in [6.07, 6.45) is 2.60. The van der Waals surface area contributed by atoms with Crippen LogP contribution in [-0.2, 0) is 17.8 Å². The first kappa shape index (κ1) is 16.0. The minimum atomic E-state index is -0.756. The average Bonchev–Trinajstić information content (AvgIpc) is 2.40. The quantitative estimate of drug-likeness (QED) is 0.921. The second kappa shape index (κ2) is 6.61. The number of benzene rings is 1. The minimum absolute atomic E-state index is 0.120. The molecule has 0 spiro atoms. The average molecular weight is 289 g/mol. The van der Waals surface area contributed by atoms with Gasteiger partial charge < -0.3 is 5.11 Å². The number of nitrogens with zero attached hydrogens (tertiary/aromatic N) is 1. The molecule has 1 heterocycles. The molecule has 1 fully saturated rings. The fourth-order valence-electron chi connectivity index (χ4n) is 3.25. The third-order valence-corrected chi connectivity index (χ3v) is 4.67. The zero-order chi connectivity index (χ0) is 15.5. The van der Waals surface area contributed by atoms with Crippen molar-refractivity contribution in [3.05, 3.63) is 35.4 Å². The SMILES string of the molecule is CC(C)(C)C1CCN(Cc2ccccc2CC(=O)O)CC1. The van der Waals surface area contributed by atoms with Crippen LogP contribution in [0, 0.1) is 11.3 Å². The van der Waals surface area contributed by atoms with Crippen molar-refractivity contribution in [1.29, 1.82) is 0 Å². The Morgan fingerprint density at radius 1 is 1.19 bits per heavy atom. The van der Waals surface area contributed by atoms with Gasteiger partial charge in [0.1, 0.15) is 0 Å². The molecule has 0 saturated carbocycles. The van der Waals surface area contributed by atoms with Crippen LogP contribution in [0.2, 0.25) is 0 Å². The topological polar surface area (TPSA) is 40.5 Å². The maximum atomic E-state index is 11.0. The second-order valence-electron chi connectivity index (χ2n) is 7.26. The van der Waals surface area contributed by atoms with E-state index in [1.54, 1.807) is 0 Å². The molecule has 1 aliphatic rings. The molecule has 1 aliphatic heterocycles. The van der Waals surface area contributed by atoms with Gasteiger partial charge >= 0.3 is 5.97 Å². The number of hydrogen-bond acceptors (Lipinski definition) is 2. The number of carboxylic acid groups (broad SMARTS) is 1. The fraction of sp³-hybridized carbons (Fsp3) is 0.611. The van der Waals surface area contributed by atoms with Crippen LogP contribution in [0.1, 0.15) is 44.7 Å². The van der Waals surface area contributed by atoms with E-state index < -0.39 is 5.97 Å². The Labute approximate surface area is 128 Å². The maximum Gasteiger partial charge on any atom is 0.307 e. The van der Waals surface area contributed by atoms with Crippen LogP contribution >= 0.6 is 0 Å². The Morgan fingerprint density at radius 2 is 1.76 bits per heavy atom. The van der Waals surface area contributed by atoms with E-state index in [0.29, 0.717) is 5.41 Å². The molecule has 0 atom stereocenters. The van der Waals surface area contributed by atoms with Gasteiger partial charge in [0.2, 0.25) is 0 Å². The van der Waals surface area contributed by atoms with Crippen LogP contribution in [0.3, 0.4) is 0 Å². The lowest BCUT2D eigenvalue weighted by Crippen LogP contribution is -2.37. The summed E-state index contributed by atoms with van der Waals surface area (Å²) in [6.45, 7) is 10.1. The van der Waals surface area contributed by atoms with Gasteiger partial charge in [-0.2, -0.15) is 0 Å². The van der Waals surface area contributed by atoms with Gasteiger partial charge in [-0.1, -0.05) is 45.0 Å². The van der Waals surface area contributed by atoms with Crippen molar-refractivity contribution >= 4 is 5.97 Å². The Balaban J connectivity index is 1.96. The van der Waals surface area contributed by atoms with E-state index in [9.17, 15) is 4.79 Å². The van der Waals surface area contributed by atoms with Crippen molar-refractivity contribution in [3.63, 3.8) is 0 Å². The molecule has 1 aromatic rings. The number of aliphatic carboxylic acids is 1. The molecule has 116 valence electrons. The highest BCUT2D eigenvalue weighted by atomic mass is 16.4. The molecule has 3 nitrogen and oxygen atoms in total. The summed E-state index contributed by atoms with van der Waals surface area (Å²) in [7, 11) is 0. The van der Waals surface area contributed by atoms with Crippen LogP contribution in [-0.4, -0.2) is 29.1 Å². The van der Waals surface area contributed by atoms with Gasteiger partial charge in [-0.05, 0) is 48.4 Å². The molecule has 21 heavy (non-hydrogen) atoms. The highest BCUT2D eigenvalue weighted by Crippen LogP contribution is 2.34. The van der Waals surface area contributed by atoms with E-state index in [-0.39, 0.29) is 6.42 Å². The number of carboxylic acids is 1. The third kappa shape index (κ3) is 4.57. The van der Waals surface area contributed by atoms with Crippen LogP contribution in [0.5, 0.6) is 0 Å². The van der Waals surface area contributed by atoms with Crippen LogP contribution in [0.15, 0.2) is 24.3 Å². The predicted octanol–water partition coefficient (Wildman–Crippen LogP) is 3.57. The molecule has 0 aromatic heterocycles. The molecular formula is C18H27NO2. The second-order valence-corrected chi connectivity index (χ2v) is 7.26. The van der Waals surface area contributed by atoms with Gasteiger partial charge in [-0.15, -0.1) is 0 Å². The molecule has 1 aromatic carbocycles. The Bertz CT molecular complexity index is 482. The molecule has 1 saturated heterocycles. The standard InChI is InChI=1S/C18H27NO2/c1-18(2,3)16-8-10-19(11-9-16)13-15-7-5-4-6-14(15)12-17(20)21/h4-7,16H,8-13H2,1-3H3,(H,20,21). The monoisotopic (exact) mass is 289 g/mol. The zero-order valence-corrected chi connectivity index (χ0v) is 13.4. The first-order chi connectivity index (χ1) is 9.86. The van der Waals surface area contributed by atoms with E-state index in [4.69, 9.17) is 5.11 Å². The third-order valence-electron chi connectivity index (χ3n) is 4.67. The van der Waals surface area contributed by atoms with Crippen molar-refractivity contribution < 1.29 is 9.90 Å². The molecule has 2 rings (SSSR count). The van der Waals surface area contributed by atoms with E-state index >= 15 is 0 Å². The normalized spacial score (nSPS) is 17.9. The van der Waals surface area contributed by atoms with Gasteiger partial charge in [-0.3, -0.25) is 9.69 Å². The van der Waals surface area contributed by atoms with Crippen LogP contribution < -0.4 is 0 Å². The van der Waals surface area contributed by atoms with Crippen molar-refractivity contribution in [1.82, 2.24) is 4.90 Å². The molecule has 3 heteroatoms. The lowest BCUT2D eigenvalue weighted by molar-refractivity contribution is -0.136. The van der Waals surface area contributed by atoms with E-state index in [1.807, 2.05) is 18.2 Å². The summed E-state index contributed by atoms with van der Waals surface area (Å²) in [5.74, 6) is 0.0388. The van der Waals surface area contributed by atoms with Gasteiger partial charge in [0, 0.05) is 6.54 Å². The predicted molar refractivity (Wildman–Crippen MR) is 85.2 cm³/mol. The maximum absolute atomic E-state index is 11.0. The van der Waals surface area contributed by atoms with Gasteiger partial charge in [0.25, 0.3) is 0 Å². The van der Waals surface area contributed by atoms with Crippen molar-refractivity contribution in [3.8, 4) is 0 Å². The lowest BCUT2D eigenvalue weighted by atomic mass is 9.75. The molecule has 0 radical (unpaired) electrons. The number of likely N-dealkylation sites (tertiary alicyclic amines) is 1. The largest absolute Gasteiger partial charge is 0.481 e. The number of carbonyl (C=O) groups is 1. The molecular weight excluding hydrogens is 262 g/mol. The number of rotatable bonds is 4. The summed E-state index contributed by atoms with van der Waals surface area (Å²) in [6, 6.07) is 7.93. The summed E-state index contributed by atoms with van der Waals surface area (Å²) in [4.78, 5) is 13.4.